The number of pyridine rings is 1. The maximum atomic E-state index is 11.0. The van der Waals surface area contributed by atoms with Gasteiger partial charge >= 0.3 is 0 Å². The second kappa shape index (κ2) is 4.86. The summed E-state index contributed by atoms with van der Waals surface area (Å²) in [5, 5.41) is 0. The second-order valence-corrected chi connectivity index (χ2v) is 2.46. The molecule has 1 aromatic rings. The van der Waals surface area contributed by atoms with E-state index in [1.54, 1.807) is 24.4 Å². The molecule has 0 aliphatic carbocycles. The van der Waals surface area contributed by atoms with Crippen LogP contribution in [-0.4, -0.2) is 22.9 Å². The van der Waals surface area contributed by atoms with Gasteiger partial charge in [0.15, 0.2) is 17.4 Å². The lowest BCUT2D eigenvalue weighted by Crippen LogP contribution is -2.08. The monoisotopic (exact) mass is 190 g/mol. The molecule has 0 amide bonds. The van der Waals surface area contributed by atoms with Gasteiger partial charge in [-0.3, -0.25) is 4.79 Å². The number of rotatable bonds is 2. The van der Waals surface area contributed by atoms with Crippen LogP contribution in [0.3, 0.4) is 0 Å². The van der Waals surface area contributed by atoms with Gasteiger partial charge in [-0.25, -0.2) is 15.0 Å². The van der Waals surface area contributed by atoms with Crippen LogP contribution in [-0.2, 0) is 4.79 Å². The zero-order valence-electron chi connectivity index (χ0n) is 7.71. The first-order chi connectivity index (χ1) is 6.74. The molecule has 1 aromatic heterocycles. The van der Waals surface area contributed by atoms with E-state index in [0.717, 1.165) is 6.34 Å². The van der Waals surface area contributed by atoms with E-state index >= 15 is 0 Å². The van der Waals surface area contributed by atoms with Crippen LogP contribution in [0.25, 0.3) is 0 Å². The van der Waals surface area contributed by atoms with Crippen LogP contribution in [0.5, 0.6) is 0 Å². The van der Waals surface area contributed by atoms with E-state index in [1.807, 2.05) is 0 Å². The maximum Gasteiger partial charge on any atom is 0.199 e. The molecule has 0 fully saturated rings. The Hall–Kier alpha value is -2.04. The number of hydrogen-bond acceptors (Lipinski definition) is 3. The summed E-state index contributed by atoms with van der Waals surface area (Å²) in [6.07, 6.45) is 2.62. The Morgan fingerprint density at radius 3 is 2.86 bits per heavy atom. The molecule has 5 heteroatoms. The van der Waals surface area contributed by atoms with Gasteiger partial charge in [0.1, 0.15) is 0 Å². The first kappa shape index (κ1) is 10.0. The quantitative estimate of drug-likeness (QED) is 0.550. The number of ketones is 1. The average Bonchev–Trinajstić information content (AvgIpc) is 2.18. The van der Waals surface area contributed by atoms with Crippen LogP contribution >= 0.6 is 0 Å². The molecule has 0 bridgehead atoms. The van der Waals surface area contributed by atoms with Crippen molar-refractivity contribution in [1.82, 2.24) is 4.98 Å². The van der Waals surface area contributed by atoms with Gasteiger partial charge in [0.25, 0.3) is 0 Å². The third kappa shape index (κ3) is 2.78. The molecule has 0 unspecified atom stereocenters. The van der Waals surface area contributed by atoms with Crippen molar-refractivity contribution in [2.45, 2.75) is 6.92 Å². The number of Topliss-reactive ketones (excluding diaryl/α,β-unsaturated/α-hetero) is 1. The molecule has 1 rings (SSSR count). The zero-order chi connectivity index (χ0) is 10.4. The van der Waals surface area contributed by atoms with E-state index in [0.29, 0.717) is 5.82 Å². The number of aliphatic imine (C=N–C) groups is 2. The Morgan fingerprint density at radius 1 is 1.57 bits per heavy atom. The van der Waals surface area contributed by atoms with Crippen molar-refractivity contribution in [2.24, 2.45) is 15.7 Å². The van der Waals surface area contributed by atoms with E-state index in [4.69, 9.17) is 5.73 Å². The molecule has 0 saturated carbocycles. The van der Waals surface area contributed by atoms with Crippen molar-refractivity contribution in [3.05, 3.63) is 24.4 Å². The first-order valence-electron chi connectivity index (χ1n) is 3.99. The van der Waals surface area contributed by atoms with E-state index in [9.17, 15) is 4.79 Å². The standard InChI is InChI=1S/C9H10N4O/c1-7(14)9(12-6-10)13-8-4-2-3-5-11-8/h2-6H,1H3,(H2,10,11,12,13). The summed E-state index contributed by atoms with van der Waals surface area (Å²) in [7, 11) is 0. The lowest BCUT2D eigenvalue weighted by molar-refractivity contribution is -0.111. The van der Waals surface area contributed by atoms with Crippen LogP contribution < -0.4 is 5.73 Å². The summed E-state index contributed by atoms with van der Waals surface area (Å²) >= 11 is 0. The molecule has 0 aliphatic rings. The number of aromatic nitrogens is 1. The van der Waals surface area contributed by atoms with Crippen molar-refractivity contribution in [3.8, 4) is 0 Å². The molecular formula is C9H10N4O. The zero-order valence-corrected chi connectivity index (χ0v) is 7.71. The Bertz CT molecular complexity index is 370. The summed E-state index contributed by atoms with van der Waals surface area (Å²) in [6.45, 7) is 1.37. The predicted octanol–water partition coefficient (Wildman–Crippen LogP) is 0.688. The summed E-state index contributed by atoms with van der Waals surface area (Å²) in [5.74, 6) is 0.229. The van der Waals surface area contributed by atoms with E-state index < -0.39 is 0 Å². The Morgan fingerprint density at radius 2 is 2.36 bits per heavy atom. The minimum absolute atomic E-state index is 0.0474. The normalized spacial score (nSPS) is 11.9. The fraction of sp³-hybridized carbons (Fsp3) is 0.111. The molecule has 0 radical (unpaired) electrons. The number of amidine groups is 1. The molecule has 5 nitrogen and oxygen atoms in total. The predicted molar refractivity (Wildman–Crippen MR) is 54.7 cm³/mol. The molecule has 0 saturated heterocycles. The van der Waals surface area contributed by atoms with Crippen LogP contribution in [0.15, 0.2) is 34.4 Å². The van der Waals surface area contributed by atoms with Crippen molar-refractivity contribution in [2.75, 3.05) is 0 Å². The Balaban J connectivity index is 2.99. The highest BCUT2D eigenvalue weighted by Crippen LogP contribution is 2.05. The number of nitrogens with zero attached hydrogens (tertiary/aromatic N) is 3. The Labute approximate surface area is 81.4 Å². The van der Waals surface area contributed by atoms with Gasteiger partial charge in [0, 0.05) is 13.1 Å². The summed E-state index contributed by atoms with van der Waals surface area (Å²) in [6, 6.07) is 5.21. The molecule has 0 aromatic carbocycles. The smallest absolute Gasteiger partial charge is 0.199 e. The van der Waals surface area contributed by atoms with Gasteiger partial charge in [-0.15, -0.1) is 0 Å². The van der Waals surface area contributed by atoms with Crippen LogP contribution in [0.1, 0.15) is 6.92 Å². The highest BCUT2D eigenvalue weighted by Gasteiger charge is 2.02. The van der Waals surface area contributed by atoms with Gasteiger partial charge < -0.3 is 5.73 Å². The minimum Gasteiger partial charge on any atom is -0.390 e. The minimum atomic E-state index is -0.252. The second-order valence-electron chi connectivity index (χ2n) is 2.46. The summed E-state index contributed by atoms with van der Waals surface area (Å²) < 4.78 is 0. The molecule has 72 valence electrons. The fourth-order valence-electron chi connectivity index (χ4n) is 0.797. The molecule has 0 aliphatic heterocycles. The topological polar surface area (TPSA) is 80.7 Å². The van der Waals surface area contributed by atoms with Crippen LogP contribution in [0, 0.1) is 0 Å². The van der Waals surface area contributed by atoms with Crippen molar-refractivity contribution < 1.29 is 4.79 Å². The van der Waals surface area contributed by atoms with Gasteiger partial charge in [0.2, 0.25) is 0 Å². The van der Waals surface area contributed by atoms with Crippen molar-refractivity contribution in [1.29, 1.82) is 0 Å². The van der Waals surface area contributed by atoms with Gasteiger partial charge in [0.05, 0.1) is 6.34 Å². The highest BCUT2D eigenvalue weighted by molar-refractivity contribution is 6.39. The van der Waals surface area contributed by atoms with Crippen LogP contribution in [0.4, 0.5) is 5.82 Å². The molecule has 0 atom stereocenters. The van der Waals surface area contributed by atoms with Gasteiger partial charge in [-0.05, 0) is 12.1 Å². The van der Waals surface area contributed by atoms with Gasteiger partial charge in [-0.1, -0.05) is 6.07 Å². The summed E-state index contributed by atoms with van der Waals surface area (Å²) in [5.41, 5.74) is 5.08. The number of carbonyl (C=O) groups excluding carboxylic acids is 1. The third-order valence-electron chi connectivity index (χ3n) is 1.38. The maximum absolute atomic E-state index is 11.0. The Kier molecular flexibility index (Phi) is 3.49. The first-order valence-corrected chi connectivity index (χ1v) is 3.99. The summed E-state index contributed by atoms with van der Waals surface area (Å²) in [4.78, 5) is 22.5. The molecule has 14 heavy (non-hydrogen) atoms. The molecular weight excluding hydrogens is 180 g/mol. The van der Waals surface area contributed by atoms with Gasteiger partial charge in [-0.2, -0.15) is 0 Å². The van der Waals surface area contributed by atoms with Crippen molar-refractivity contribution >= 4 is 23.8 Å². The largest absolute Gasteiger partial charge is 0.390 e. The molecule has 2 N–H and O–H groups in total. The third-order valence-corrected chi connectivity index (χ3v) is 1.38. The number of hydrogen-bond donors (Lipinski definition) is 1. The van der Waals surface area contributed by atoms with E-state index in [1.165, 1.54) is 6.92 Å². The SMILES string of the molecule is CC(=O)/C(N=CN)=N\c1ccccn1. The lowest BCUT2D eigenvalue weighted by Gasteiger charge is -1.94. The van der Waals surface area contributed by atoms with Crippen molar-refractivity contribution in [3.63, 3.8) is 0 Å². The molecule has 0 spiro atoms. The van der Waals surface area contributed by atoms with Crippen LogP contribution in [0.2, 0.25) is 0 Å². The van der Waals surface area contributed by atoms with E-state index in [-0.39, 0.29) is 11.6 Å². The van der Waals surface area contributed by atoms with E-state index in [2.05, 4.69) is 15.0 Å². The number of carbonyl (C=O) groups is 1. The lowest BCUT2D eigenvalue weighted by atomic mass is 10.4. The fourth-order valence-corrected chi connectivity index (χ4v) is 0.797. The number of nitrogens with two attached hydrogens (primary N) is 1. The highest BCUT2D eigenvalue weighted by atomic mass is 16.1. The molecule has 1 heterocycles. The average molecular weight is 190 g/mol.